The molecule has 0 unspecified atom stereocenters. The number of nitrogens with one attached hydrogen (secondary N) is 1. The standard InChI is InChI=1S/C18H10F6N4S/c19-17(20,21)12-5-13(18(22,23)24)7-14(6-12)29-9-10-2-1-3-11(4-10)16-15(8-25)26-28-27-16/h1-7H,9H2,(H,26,27,28). The molecule has 0 amide bonds. The number of nitrogens with zero attached hydrogens (tertiary/aromatic N) is 3. The van der Waals surface area contributed by atoms with E-state index in [0.29, 0.717) is 29.0 Å². The summed E-state index contributed by atoms with van der Waals surface area (Å²) in [7, 11) is 0. The number of nitriles is 1. The van der Waals surface area contributed by atoms with Gasteiger partial charge in [-0.3, -0.25) is 0 Å². The summed E-state index contributed by atoms with van der Waals surface area (Å²) in [5.41, 5.74) is -1.16. The van der Waals surface area contributed by atoms with Crippen LogP contribution in [0.2, 0.25) is 0 Å². The maximum atomic E-state index is 13.0. The Morgan fingerprint density at radius 1 is 0.931 bits per heavy atom. The van der Waals surface area contributed by atoms with Crippen LogP contribution in [0.4, 0.5) is 26.3 Å². The van der Waals surface area contributed by atoms with Gasteiger partial charge in [0.1, 0.15) is 11.8 Å². The fourth-order valence-corrected chi connectivity index (χ4v) is 3.43. The molecule has 0 fully saturated rings. The van der Waals surface area contributed by atoms with Crippen molar-refractivity contribution in [2.45, 2.75) is 23.0 Å². The van der Waals surface area contributed by atoms with E-state index >= 15 is 0 Å². The van der Waals surface area contributed by atoms with Crippen LogP contribution in [0.3, 0.4) is 0 Å². The summed E-state index contributed by atoms with van der Waals surface area (Å²) < 4.78 is 77.8. The molecule has 3 aromatic rings. The van der Waals surface area contributed by atoms with Crippen molar-refractivity contribution >= 4 is 11.8 Å². The average Bonchev–Trinajstić information content (AvgIpc) is 3.14. The lowest BCUT2D eigenvalue weighted by Crippen LogP contribution is -2.10. The van der Waals surface area contributed by atoms with E-state index in [-0.39, 0.29) is 22.4 Å². The predicted molar refractivity (Wildman–Crippen MR) is 92.5 cm³/mol. The Morgan fingerprint density at radius 3 is 2.17 bits per heavy atom. The van der Waals surface area contributed by atoms with E-state index in [1.54, 1.807) is 24.3 Å². The van der Waals surface area contributed by atoms with Crippen molar-refractivity contribution in [1.82, 2.24) is 15.4 Å². The molecule has 0 aliphatic carbocycles. The van der Waals surface area contributed by atoms with Gasteiger partial charge in [-0.2, -0.15) is 41.9 Å². The zero-order chi connectivity index (χ0) is 21.2. The smallest absolute Gasteiger partial charge is 0.196 e. The topological polar surface area (TPSA) is 65.4 Å². The lowest BCUT2D eigenvalue weighted by Gasteiger charge is -2.14. The minimum Gasteiger partial charge on any atom is -0.196 e. The third-order valence-electron chi connectivity index (χ3n) is 3.82. The molecule has 1 aromatic heterocycles. The molecule has 29 heavy (non-hydrogen) atoms. The summed E-state index contributed by atoms with van der Waals surface area (Å²) in [5, 5.41) is 18.9. The molecule has 0 saturated carbocycles. The van der Waals surface area contributed by atoms with Crippen LogP contribution in [0.5, 0.6) is 0 Å². The molecular formula is C18H10F6N4S. The Balaban J connectivity index is 1.87. The maximum absolute atomic E-state index is 13.0. The molecule has 4 nitrogen and oxygen atoms in total. The van der Waals surface area contributed by atoms with Gasteiger partial charge in [0.05, 0.1) is 11.1 Å². The van der Waals surface area contributed by atoms with Crippen molar-refractivity contribution < 1.29 is 26.3 Å². The molecule has 0 spiro atoms. The largest absolute Gasteiger partial charge is 0.416 e. The lowest BCUT2D eigenvalue weighted by molar-refractivity contribution is -0.143. The van der Waals surface area contributed by atoms with Gasteiger partial charge in [-0.25, -0.2) is 0 Å². The normalized spacial score (nSPS) is 12.0. The van der Waals surface area contributed by atoms with E-state index in [9.17, 15) is 26.3 Å². The van der Waals surface area contributed by atoms with Crippen molar-refractivity contribution in [3.05, 3.63) is 64.8 Å². The zero-order valence-corrected chi connectivity index (χ0v) is 15.1. The number of aromatic nitrogens is 3. The van der Waals surface area contributed by atoms with Crippen LogP contribution >= 0.6 is 11.8 Å². The molecule has 11 heteroatoms. The molecule has 1 N–H and O–H groups in total. The minimum absolute atomic E-state index is 0.0718. The second-order valence-corrected chi connectivity index (χ2v) is 6.91. The van der Waals surface area contributed by atoms with Gasteiger partial charge in [-0.05, 0) is 29.8 Å². The van der Waals surface area contributed by atoms with Gasteiger partial charge < -0.3 is 0 Å². The molecule has 0 atom stereocenters. The van der Waals surface area contributed by atoms with Gasteiger partial charge in [0, 0.05) is 16.2 Å². The number of H-pyrrole nitrogens is 1. The van der Waals surface area contributed by atoms with Crippen molar-refractivity contribution in [2.24, 2.45) is 0 Å². The van der Waals surface area contributed by atoms with Crippen LogP contribution in [-0.2, 0) is 18.1 Å². The SMILES string of the molecule is N#Cc1n[nH]nc1-c1cccc(CSc2cc(C(F)(F)F)cc(C(F)(F)F)c2)c1. The third-order valence-corrected chi connectivity index (χ3v) is 4.87. The number of benzene rings is 2. The van der Waals surface area contributed by atoms with E-state index < -0.39 is 23.5 Å². The molecule has 1 heterocycles. The predicted octanol–water partition coefficient (Wildman–Crippen LogP) is 5.67. The van der Waals surface area contributed by atoms with Crippen molar-refractivity contribution in [3.8, 4) is 17.3 Å². The van der Waals surface area contributed by atoms with E-state index in [2.05, 4.69) is 15.4 Å². The molecule has 3 rings (SSSR count). The van der Waals surface area contributed by atoms with Crippen molar-refractivity contribution in [3.63, 3.8) is 0 Å². The van der Waals surface area contributed by atoms with Crippen molar-refractivity contribution in [1.29, 1.82) is 5.26 Å². The quantitative estimate of drug-likeness (QED) is 0.429. The number of alkyl halides is 6. The van der Waals surface area contributed by atoms with Gasteiger partial charge in [0.25, 0.3) is 0 Å². The summed E-state index contributed by atoms with van der Waals surface area (Å²) in [6, 6.07) is 9.97. The fraction of sp³-hybridized carbons (Fsp3) is 0.167. The summed E-state index contributed by atoms with van der Waals surface area (Å²) >= 11 is 0.841. The van der Waals surface area contributed by atoms with Crippen LogP contribution in [0.15, 0.2) is 47.4 Å². The highest BCUT2D eigenvalue weighted by molar-refractivity contribution is 7.98. The molecule has 0 saturated heterocycles. The Labute approximate surface area is 164 Å². The summed E-state index contributed by atoms with van der Waals surface area (Å²) in [6.45, 7) is 0. The molecule has 150 valence electrons. The first-order valence-electron chi connectivity index (χ1n) is 7.90. The number of hydrogen-bond donors (Lipinski definition) is 1. The van der Waals surface area contributed by atoms with Crippen LogP contribution < -0.4 is 0 Å². The van der Waals surface area contributed by atoms with Gasteiger partial charge in [-0.1, -0.05) is 18.2 Å². The van der Waals surface area contributed by atoms with Crippen LogP contribution in [0.1, 0.15) is 22.4 Å². The summed E-state index contributed by atoms with van der Waals surface area (Å²) in [4.78, 5) is -0.156. The molecular weight excluding hydrogens is 418 g/mol. The maximum Gasteiger partial charge on any atom is 0.416 e. The monoisotopic (exact) mass is 428 g/mol. The second-order valence-electron chi connectivity index (χ2n) is 5.86. The number of rotatable bonds is 4. The number of thioether (sulfide) groups is 1. The number of halogens is 6. The van der Waals surface area contributed by atoms with Crippen LogP contribution in [0.25, 0.3) is 11.3 Å². The molecule has 0 radical (unpaired) electrons. The summed E-state index contributed by atoms with van der Waals surface area (Å²) in [5.74, 6) is 0.117. The van der Waals surface area contributed by atoms with E-state index in [1.165, 1.54) is 0 Å². The second kappa shape index (κ2) is 7.79. The first kappa shape index (κ1) is 20.7. The molecule has 2 aromatic carbocycles. The van der Waals surface area contributed by atoms with Gasteiger partial charge >= 0.3 is 12.4 Å². The molecule has 0 aliphatic heterocycles. The van der Waals surface area contributed by atoms with Gasteiger partial charge in [-0.15, -0.1) is 16.9 Å². The highest BCUT2D eigenvalue weighted by Gasteiger charge is 2.36. The molecule has 0 bridgehead atoms. The highest BCUT2D eigenvalue weighted by atomic mass is 32.2. The first-order valence-corrected chi connectivity index (χ1v) is 8.89. The zero-order valence-electron chi connectivity index (χ0n) is 14.3. The molecule has 0 aliphatic rings. The summed E-state index contributed by atoms with van der Waals surface area (Å²) in [6.07, 6.45) is -9.78. The van der Waals surface area contributed by atoms with Crippen molar-refractivity contribution in [2.75, 3.05) is 0 Å². The first-order chi connectivity index (χ1) is 13.6. The minimum atomic E-state index is -4.89. The lowest BCUT2D eigenvalue weighted by atomic mass is 10.1. The Bertz CT molecular complexity index is 1030. The fourth-order valence-electron chi connectivity index (χ4n) is 2.49. The number of hydrogen-bond acceptors (Lipinski definition) is 4. The Kier molecular flexibility index (Phi) is 5.57. The van der Waals surface area contributed by atoms with Crippen LogP contribution in [-0.4, -0.2) is 15.4 Å². The average molecular weight is 428 g/mol. The van der Waals surface area contributed by atoms with Crippen LogP contribution in [0, 0.1) is 11.3 Å². The number of aromatic amines is 1. The van der Waals surface area contributed by atoms with Gasteiger partial charge in [0.15, 0.2) is 5.69 Å². The highest BCUT2D eigenvalue weighted by Crippen LogP contribution is 2.39. The van der Waals surface area contributed by atoms with E-state index in [1.807, 2.05) is 6.07 Å². The Hall–Kier alpha value is -3.00. The third kappa shape index (κ3) is 4.89. The van der Waals surface area contributed by atoms with E-state index in [0.717, 1.165) is 11.8 Å². The Morgan fingerprint density at radius 2 is 1.59 bits per heavy atom. The van der Waals surface area contributed by atoms with Gasteiger partial charge in [0.2, 0.25) is 0 Å². The van der Waals surface area contributed by atoms with E-state index in [4.69, 9.17) is 5.26 Å².